The fourth-order valence-corrected chi connectivity index (χ4v) is 4.63. The van der Waals surface area contributed by atoms with Crippen LogP contribution in [-0.2, 0) is 32.3 Å². The average molecular weight is 582 g/mol. The quantitative estimate of drug-likeness (QED) is 0.469. The molecule has 0 radical (unpaired) electrons. The third-order valence-corrected chi connectivity index (χ3v) is 7.03. The summed E-state index contributed by atoms with van der Waals surface area (Å²) in [5.41, 5.74) is -1.79. The largest absolute Gasteiger partial charge is 0.417 e. The molecule has 2 aromatic carbocycles. The standard InChI is InChI=1S/C24H28Cl2F3N3O4S/c1-15(22(34)30-23(2,3)4)31(13-16-8-6-7-9-19(16)25)21(33)14-32(37(5,35)36)17-10-11-20(26)18(12-17)24(27,28)29/h6-12,15H,13-14H2,1-5H3,(H,30,34)/t15-/m1/s1. The molecule has 0 fully saturated rings. The lowest BCUT2D eigenvalue weighted by Gasteiger charge is -2.33. The fourth-order valence-electron chi connectivity index (χ4n) is 3.37. The fraction of sp³-hybridized carbons (Fsp3) is 0.417. The Balaban J connectivity index is 2.51. The number of nitrogens with one attached hydrogen (secondary N) is 1. The van der Waals surface area contributed by atoms with Crippen LogP contribution in [0.2, 0.25) is 10.0 Å². The highest BCUT2D eigenvalue weighted by atomic mass is 35.5. The summed E-state index contributed by atoms with van der Waals surface area (Å²) in [4.78, 5) is 27.5. The van der Waals surface area contributed by atoms with Crippen LogP contribution in [0, 0.1) is 0 Å². The van der Waals surface area contributed by atoms with Gasteiger partial charge in [0.1, 0.15) is 12.6 Å². The third kappa shape index (κ3) is 8.51. The molecule has 0 aromatic heterocycles. The minimum absolute atomic E-state index is 0.150. The SMILES string of the molecule is C[C@H](C(=O)NC(C)(C)C)N(Cc1ccccc1Cl)C(=O)CN(c1ccc(Cl)c(C(F)(F)F)c1)S(C)(=O)=O. The van der Waals surface area contributed by atoms with Gasteiger partial charge in [0.15, 0.2) is 0 Å². The highest BCUT2D eigenvalue weighted by molar-refractivity contribution is 7.92. The Kier molecular flexibility index (Phi) is 9.54. The number of benzene rings is 2. The topological polar surface area (TPSA) is 86.8 Å². The van der Waals surface area contributed by atoms with Crippen LogP contribution in [0.5, 0.6) is 0 Å². The van der Waals surface area contributed by atoms with E-state index in [-0.39, 0.29) is 6.54 Å². The number of nitrogens with zero attached hydrogens (tertiary/aromatic N) is 2. The molecule has 0 heterocycles. The number of hydrogen-bond acceptors (Lipinski definition) is 4. The second kappa shape index (κ2) is 11.5. The van der Waals surface area contributed by atoms with Crippen LogP contribution < -0.4 is 9.62 Å². The van der Waals surface area contributed by atoms with E-state index in [1.54, 1.807) is 45.0 Å². The number of sulfonamides is 1. The number of carbonyl (C=O) groups excluding carboxylic acids is 2. The lowest BCUT2D eigenvalue weighted by molar-refractivity contribution is -0.140. The smallest absolute Gasteiger partial charge is 0.350 e. The summed E-state index contributed by atoms with van der Waals surface area (Å²) < 4.78 is 65.9. The van der Waals surface area contributed by atoms with Crippen LogP contribution in [0.15, 0.2) is 42.5 Å². The lowest BCUT2D eigenvalue weighted by atomic mass is 10.1. The Hall–Kier alpha value is -2.50. The molecule has 0 unspecified atom stereocenters. The van der Waals surface area contributed by atoms with Gasteiger partial charge < -0.3 is 10.2 Å². The zero-order valence-electron chi connectivity index (χ0n) is 20.9. The molecule has 7 nitrogen and oxygen atoms in total. The molecule has 2 rings (SSSR count). The molecular weight excluding hydrogens is 554 g/mol. The van der Waals surface area contributed by atoms with Gasteiger partial charge >= 0.3 is 6.18 Å². The van der Waals surface area contributed by atoms with Gasteiger partial charge in [0, 0.05) is 17.1 Å². The average Bonchev–Trinajstić information content (AvgIpc) is 2.74. The van der Waals surface area contributed by atoms with E-state index in [4.69, 9.17) is 23.2 Å². The second-order valence-corrected chi connectivity index (χ2v) is 12.2. The van der Waals surface area contributed by atoms with Gasteiger partial charge in [0.2, 0.25) is 21.8 Å². The third-order valence-electron chi connectivity index (χ3n) is 5.19. The number of rotatable bonds is 8. The van der Waals surface area contributed by atoms with E-state index in [0.29, 0.717) is 21.0 Å². The van der Waals surface area contributed by atoms with E-state index >= 15 is 0 Å². The Morgan fingerprint density at radius 2 is 1.62 bits per heavy atom. The molecule has 1 atom stereocenters. The highest BCUT2D eigenvalue weighted by Gasteiger charge is 2.36. The maximum Gasteiger partial charge on any atom is 0.417 e. The van der Waals surface area contributed by atoms with Crippen molar-refractivity contribution in [1.29, 1.82) is 0 Å². The summed E-state index contributed by atoms with van der Waals surface area (Å²) >= 11 is 11.9. The summed E-state index contributed by atoms with van der Waals surface area (Å²) in [6.07, 6.45) is -4.09. The molecule has 1 N–H and O–H groups in total. The Morgan fingerprint density at radius 3 is 2.14 bits per heavy atom. The second-order valence-electron chi connectivity index (χ2n) is 9.46. The molecule has 2 amide bonds. The van der Waals surface area contributed by atoms with Crippen molar-refractivity contribution in [3.63, 3.8) is 0 Å². The monoisotopic (exact) mass is 581 g/mol. The summed E-state index contributed by atoms with van der Waals surface area (Å²) in [5.74, 6) is -1.34. The van der Waals surface area contributed by atoms with Gasteiger partial charge in [-0.15, -0.1) is 0 Å². The van der Waals surface area contributed by atoms with Gasteiger partial charge in [-0.05, 0) is 57.5 Å². The summed E-state index contributed by atoms with van der Waals surface area (Å²) in [7, 11) is -4.23. The Bertz CT molecular complexity index is 1260. The van der Waals surface area contributed by atoms with Gasteiger partial charge in [0.05, 0.1) is 22.5 Å². The van der Waals surface area contributed by atoms with Crippen molar-refractivity contribution >= 4 is 50.7 Å². The van der Waals surface area contributed by atoms with Gasteiger partial charge in [-0.25, -0.2) is 8.42 Å². The minimum Gasteiger partial charge on any atom is -0.350 e. The van der Waals surface area contributed by atoms with Crippen LogP contribution in [0.25, 0.3) is 0 Å². The van der Waals surface area contributed by atoms with Crippen molar-refractivity contribution in [2.45, 2.75) is 52.0 Å². The number of alkyl halides is 3. The molecule has 0 spiro atoms. The van der Waals surface area contributed by atoms with Crippen LogP contribution in [0.4, 0.5) is 18.9 Å². The van der Waals surface area contributed by atoms with Crippen LogP contribution in [0.3, 0.4) is 0 Å². The van der Waals surface area contributed by atoms with E-state index in [1.807, 2.05) is 0 Å². The maximum absolute atomic E-state index is 13.5. The number of halogens is 5. The van der Waals surface area contributed by atoms with Gasteiger partial charge in [-0.3, -0.25) is 13.9 Å². The molecule has 37 heavy (non-hydrogen) atoms. The number of hydrogen-bond donors (Lipinski definition) is 1. The molecule has 204 valence electrons. The van der Waals surface area contributed by atoms with Gasteiger partial charge in [-0.2, -0.15) is 13.2 Å². The highest BCUT2D eigenvalue weighted by Crippen LogP contribution is 2.37. The molecule has 0 aliphatic heterocycles. The first kappa shape index (κ1) is 30.7. The van der Waals surface area contributed by atoms with Crippen molar-refractivity contribution < 1.29 is 31.2 Å². The lowest BCUT2D eigenvalue weighted by Crippen LogP contribution is -2.54. The first-order chi connectivity index (χ1) is 16.8. The molecular formula is C24H28Cl2F3N3O4S. The van der Waals surface area contributed by atoms with E-state index in [9.17, 15) is 31.2 Å². The molecule has 0 aliphatic carbocycles. The Labute approximate surface area is 224 Å². The van der Waals surface area contributed by atoms with E-state index in [1.165, 1.54) is 6.92 Å². The molecule has 2 aromatic rings. The normalized spacial score (nSPS) is 13.1. The molecule has 13 heteroatoms. The van der Waals surface area contributed by atoms with Crippen molar-refractivity contribution in [1.82, 2.24) is 10.2 Å². The van der Waals surface area contributed by atoms with E-state index < -0.39 is 62.4 Å². The molecule has 0 saturated heterocycles. The maximum atomic E-state index is 13.5. The predicted molar refractivity (Wildman–Crippen MR) is 138 cm³/mol. The van der Waals surface area contributed by atoms with Crippen molar-refractivity contribution in [3.8, 4) is 0 Å². The zero-order valence-corrected chi connectivity index (χ0v) is 23.2. The van der Waals surface area contributed by atoms with Crippen LogP contribution in [0.1, 0.15) is 38.8 Å². The van der Waals surface area contributed by atoms with Crippen LogP contribution in [-0.4, -0.2) is 49.5 Å². The number of anilines is 1. The first-order valence-corrected chi connectivity index (χ1v) is 13.6. The van der Waals surface area contributed by atoms with Crippen molar-refractivity contribution in [2.75, 3.05) is 17.1 Å². The summed E-state index contributed by atoms with van der Waals surface area (Å²) in [6, 6.07) is 8.06. The zero-order chi connectivity index (χ0) is 28.3. The Morgan fingerprint density at radius 1 is 1.03 bits per heavy atom. The van der Waals surface area contributed by atoms with E-state index in [2.05, 4.69) is 5.32 Å². The summed E-state index contributed by atoms with van der Waals surface area (Å²) in [6.45, 7) is 5.70. The van der Waals surface area contributed by atoms with Crippen molar-refractivity contribution in [3.05, 3.63) is 63.6 Å². The van der Waals surface area contributed by atoms with Crippen molar-refractivity contribution in [2.24, 2.45) is 0 Å². The number of carbonyl (C=O) groups is 2. The first-order valence-electron chi connectivity index (χ1n) is 11.0. The summed E-state index contributed by atoms with van der Waals surface area (Å²) in [5, 5.41) is 2.46. The van der Waals surface area contributed by atoms with Crippen LogP contribution >= 0.6 is 23.2 Å². The predicted octanol–water partition coefficient (Wildman–Crippen LogP) is 5.11. The molecule has 0 bridgehead atoms. The molecule has 0 aliphatic rings. The minimum atomic E-state index is -4.85. The number of amides is 2. The van der Waals surface area contributed by atoms with Gasteiger partial charge in [0.25, 0.3) is 0 Å². The van der Waals surface area contributed by atoms with E-state index in [0.717, 1.165) is 23.3 Å². The van der Waals surface area contributed by atoms with Gasteiger partial charge in [-0.1, -0.05) is 41.4 Å². The molecule has 0 saturated carbocycles.